The van der Waals surface area contributed by atoms with Crippen molar-refractivity contribution in [3.63, 3.8) is 0 Å². The monoisotopic (exact) mass is 531 g/mol. The number of aromatic nitrogens is 4. The zero-order valence-electron chi connectivity index (χ0n) is 21.8. The predicted molar refractivity (Wildman–Crippen MR) is 146 cm³/mol. The number of imidazole rings is 1. The molecule has 0 saturated carbocycles. The van der Waals surface area contributed by atoms with Crippen molar-refractivity contribution in [2.45, 2.75) is 53.0 Å². The molecule has 196 valence electrons. The highest BCUT2D eigenvalue weighted by atomic mass is 32.1. The molecule has 0 aliphatic carbocycles. The SMILES string of the molecule is CCCCCOc1cccc(C2/C(=C(\O)c3nc4c(C)cccn4c3C)C(=O)C(=O)N2c2nnc(C)s2)c1. The van der Waals surface area contributed by atoms with Crippen molar-refractivity contribution in [1.29, 1.82) is 0 Å². The fourth-order valence-electron chi connectivity index (χ4n) is 4.72. The molecule has 0 radical (unpaired) electrons. The van der Waals surface area contributed by atoms with Gasteiger partial charge in [0.1, 0.15) is 22.1 Å². The minimum absolute atomic E-state index is 0.0462. The summed E-state index contributed by atoms with van der Waals surface area (Å²) in [5, 5.41) is 20.7. The predicted octanol–water partition coefficient (Wildman–Crippen LogP) is 5.31. The molecule has 5 rings (SSSR count). The molecule has 1 aliphatic heterocycles. The van der Waals surface area contributed by atoms with Crippen LogP contribution in [0.15, 0.2) is 48.2 Å². The molecule has 1 unspecified atom stereocenters. The summed E-state index contributed by atoms with van der Waals surface area (Å²) in [4.78, 5) is 32.9. The number of aliphatic hydroxyl groups excluding tert-OH is 1. The first kappa shape index (κ1) is 25.6. The number of ketones is 1. The van der Waals surface area contributed by atoms with Gasteiger partial charge in [-0.3, -0.25) is 14.5 Å². The first-order valence-corrected chi connectivity index (χ1v) is 13.4. The Balaban J connectivity index is 1.66. The van der Waals surface area contributed by atoms with Crippen LogP contribution in [0.2, 0.25) is 0 Å². The fourth-order valence-corrected chi connectivity index (χ4v) is 5.43. The number of Topliss-reactive ketones (excluding diaryl/α,β-unsaturated/α-hetero) is 1. The third kappa shape index (κ3) is 4.45. The summed E-state index contributed by atoms with van der Waals surface area (Å²) in [6.45, 7) is 8.21. The number of amides is 1. The van der Waals surface area contributed by atoms with Gasteiger partial charge < -0.3 is 14.2 Å². The standard InChI is InChI=1S/C28H29N5O4S/c1-5-6-7-14-37-20-12-8-11-19(15-20)23-21(25(35)27(36)33(23)28-31-30-18(4)38-28)24(34)22-17(3)32-13-9-10-16(2)26(32)29-22/h8-13,15,23,34H,5-7,14H2,1-4H3/b24-21+. The van der Waals surface area contributed by atoms with E-state index in [-0.39, 0.29) is 22.2 Å². The number of rotatable bonds is 8. The number of unbranched alkanes of at least 4 members (excludes halogenated alkanes) is 2. The van der Waals surface area contributed by atoms with Crippen molar-refractivity contribution < 1.29 is 19.4 Å². The number of hydrogen-bond donors (Lipinski definition) is 1. The van der Waals surface area contributed by atoms with Crippen LogP contribution in [0.5, 0.6) is 5.75 Å². The molecule has 1 amide bonds. The van der Waals surface area contributed by atoms with E-state index < -0.39 is 17.7 Å². The van der Waals surface area contributed by atoms with E-state index in [2.05, 4.69) is 22.1 Å². The Labute approximate surface area is 224 Å². The lowest BCUT2D eigenvalue weighted by Gasteiger charge is -2.23. The number of aryl methyl sites for hydroxylation is 3. The molecule has 4 aromatic rings. The van der Waals surface area contributed by atoms with Crippen LogP contribution < -0.4 is 9.64 Å². The summed E-state index contributed by atoms with van der Waals surface area (Å²) in [7, 11) is 0. The second-order valence-electron chi connectivity index (χ2n) is 9.33. The van der Waals surface area contributed by atoms with Crippen molar-refractivity contribution in [2.24, 2.45) is 0 Å². The van der Waals surface area contributed by atoms with E-state index in [4.69, 9.17) is 4.74 Å². The molecule has 38 heavy (non-hydrogen) atoms. The number of hydrogen-bond acceptors (Lipinski definition) is 8. The van der Waals surface area contributed by atoms with Crippen LogP contribution in [0.25, 0.3) is 11.4 Å². The number of aliphatic hydroxyl groups is 1. The van der Waals surface area contributed by atoms with E-state index in [0.29, 0.717) is 34.3 Å². The summed E-state index contributed by atoms with van der Waals surface area (Å²) < 4.78 is 7.81. The van der Waals surface area contributed by atoms with Gasteiger partial charge in [0.15, 0.2) is 5.76 Å². The molecule has 1 fully saturated rings. The second-order valence-corrected chi connectivity index (χ2v) is 10.5. The molecule has 1 aromatic carbocycles. The van der Waals surface area contributed by atoms with Gasteiger partial charge in [-0.05, 0) is 56.5 Å². The molecule has 4 heterocycles. The lowest BCUT2D eigenvalue weighted by molar-refractivity contribution is -0.132. The molecule has 10 heteroatoms. The Morgan fingerprint density at radius 1 is 1.11 bits per heavy atom. The lowest BCUT2D eigenvalue weighted by Crippen LogP contribution is -2.29. The van der Waals surface area contributed by atoms with Gasteiger partial charge in [-0.25, -0.2) is 4.98 Å². The van der Waals surface area contributed by atoms with E-state index in [1.165, 1.54) is 16.2 Å². The average Bonchev–Trinajstić information content (AvgIpc) is 3.56. The highest BCUT2D eigenvalue weighted by Crippen LogP contribution is 2.43. The van der Waals surface area contributed by atoms with Gasteiger partial charge in [-0.2, -0.15) is 0 Å². The van der Waals surface area contributed by atoms with Gasteiger partial charge in [0.2, 0.25) is 5.13 Å². The van der Waals surface area contributed by atoms with Gasteiger partial charge in [0.05, 0.1) is 23.9 Å². The number of anilines is 1. The summed E-state index contributed by atoms with van der Waals surface area (Å²) in [5.74, 6) is -1.29. The molecule has 1 saturated heterocycles. The van der Waals surface area contributed by atoms with Crippen LogP contribution in [0, 0.1) is 20.8 Å². The second kappa shape index (κ2) is 10.4. The molecule has 9 nitrogen and oxygen atoms in total. The topological polar surface area (TPSA) is 110 Å². The maximum absolute atomic E-state index is 13.5. The Morgan fingerprint density at radius 3 is 2.63 bits per heavy atom. The highest BCUT2D eigenvalue weighted by molar-refractivity contribution is 7.15. The fraction of sp³-hybridized carbons (Fsp3) is 0.321. The summed E-state index contributed by atoms with van der Waals surface area (Å²) in [6, 6.07) is 10.2. The molecule has 3 aromatic heterocycles. The van der Waals surface area contributed by atoms with E-state index in [1.807, 2.05) is 54.8 Å². The Bertz CT molecular complexity index is 1570. The summed E-state index contributed by atoms with van der Waals surface area (Å²) in [5.41, 5.74) is 3.07. The summed E-state index contributed by atoms with van der Waals surface area (Å²) in [6.07, 6.45) is 4.92. The molecule has 0 bridgehead atoms. The largest absolute Gasteiger partial charge is 0.505 e. The maximum Gasteiger partial charge on any atom is 0.301 e. The van der Waals surface area contributed by atoms with Crippen molar-refractivity contribution in [3.8, 4) is 5.75 Å². The number of fused-ring (bicyclic) bond motifs is 1. The Hall–Kier alpha value is -4.05. The third-order valence-electron chi connectivity index (χ3n) is 6.66. The number of pyridine rings is 1. The molecule has 0 spiro atoms. The molecule has 1 atom stereocenters. The number of carbonyl (C=O) groups is 2. The van der Waals surface area contributed by atoms with Gasteiger partial charge in [0, 0.05) is 6.20 Å². The first-order chi connectivity index (χ1) is 18.3. The van der Waals surface area contributed by atoms with Gasteiger partial charge >= 0.3 is 5.91 Å². The van der Waals surface area contributed by atoms with E-state index >= 15 is 0 Å². The quantitative estimate of drug-likeness (QED) is 0.142. The number of benzene rings is 1. The first-order valence-electron chi connectivity index (χ1n) is 12.6. The Kier molecular flexibility index (Phi) is 6.98. The van der Waals surface area contributed by atoms with Crippen LogP contribution in [0.4, 0.5) is 5.13 Å². The van der Waals surface area contributed by atoms with Gasteiger partial charge in [0.25, 0.3) is 5.78 Å². The number of ether oxygens (including phenoxy) is 1. The van der Waals surface area contributed by atoms with Crippen LogP contribution in [-0.4, -0.2) is 43.0 Å². The summed E-state index contributed by atoms with van der Waals surface area (Å²) >= 11 is 1.21. The zero-order chi connectivity index (χ0) is 27.0. The molecule has 1 aliphatic rings. The third-order valence-corrected chi connectivity index (χ3v) is 7.50. The van der Waals surface area contributed by atoms with Crippen LogP contribution >= 0.6 is 11.3 Å². The van der Waals surface area contributed by atoms with Crippen LogP contribution in [-0.2, 0) is 9.59 Å². The van der Waals surface area contributed by atoms with Crippen molar-refractivity contribution >= 4 is 39.6 Å². The van der Waals surface area contributed by atoms with Crippen molar-refractivity contribution in [1.82, 2.24) is 19.6 Å². The van der Waals surface area contributed by atoms with E-state index in [9.17, 15) is 14.7 Å². The molecule has 1 N–H and O–H groups in total. The molecular formula is C28H29N5O4S. The highest BCUT2D eigenvalue weighted by Gasteiger charge is 2.48. The molecular weight excluding hydrogens is 502 g/mol. The van der Waals surface area contributed by atoms with Gasteiger partial charge in [-0.1, -0.05) is 49.3 Å². The zero-order valence-corrected chi connectivity index (χ0v) is 22.6. The normalized spacial score (nSPS) is 17.1. The minimum Gasteiger partial charge on any atom is -0.505 e. The lowest BCUT2D eigenvalue weighted by atomic mass is 9.96. The number of nitrogens with zero attached hydrogens (tertiary/aromatic N) is 5. The average molecular weight is 532 g/mol. The van der Waals surface area contributed by atoms with Gasteiger partial charge in [-0.15, -0.1) is 10.2 Å². The van der Waals surface area contributed by atoms with Crippen LogP contribution in [0.3, 0.4) is 0 Å². The van der Waals surface area contributed by atoms with E-state index in [0.717, 1.165) is 24.8 Å². The van der Waals surface area contributed by atoms with Crippen molar-refractivity contribution in [2.75, 3.05) is 11.5 Å². The maximum atomic E-state index is 13.5. The van der Waals surface area contributed by atoms with Crippen LogP contribution in [0.1, 0.15) is 59.8 Å². The smallest absolute Gasteiger partial charge is 0.301 e. The van der Waals surface area contributed by atoms with E-state index in [1.54, 1.807) is 13.0 Å². The van der Waals surface area contributed by atoms with Crippen molar-refractivity contribution in [3.05, 3.63) is 75.7 Å². The number of carbonyl (C=O) groups excluding carboxylic acids is 2. The Morgan fingerprint density at radius 2 is 1.92 bits per heavy atom. The minimum atomic E-state index is -0.924.